The molecule has 0 bridgehead atoms. The van der Waals surface area contributed by atoms with Crippen LogP contribution in [-0.2, 0) is 0 Å². The van der Waals surface area contributed by atoms with Crippen LogP contribution in [0.1, 0.15) is 25.8 Å². The van der Waals surface area contributed by atoms with E-state index in [1.165, 1.54) is 5.56 Å². The number of para-hydroxylation sites is 1. The van der Waals surface area contributed by atoms with Gasteiger partial charge in [0.2, 0.25) is 5.95 Å². The normalized spacial score (nSPS) is 12.1. The molecule has 1 atom stereocenters. The highest BCUT2D eigenvalue weighted by Gasteiger charge is 2.15. The van der Waals surface area contributed by atoms with Crippen LogP contribution >= 0.6 is 0 Å². The molecule has 2 heterocycles. The third-order valence-corrected chi connectivity index (χ3v) is 4.73. The van der Waals surface area contributed by atoms with Gasteiger partial charge in [-0.15, -0.1) is 0 Å². The highest BCUT2D eigenvalue weighted by atomic mass is 15.3. The van der Waals surface area contributed by atoms with E-state index in [1.807, 2.05) is 53.3 Å². The predicted octanol–water partition coefficient (Wildman–Crippen LogP) is 5.08. The zero-order chi connectivity index (χ0) is 19.5. The minimum atomic E-state index is 0.276. The van der Waals surface area contributed by atoms with Crippen LogP contribution in [0, 0.1) is 6.92 Å². The summed E-state index contributed by atoms with van der Waals surface area (Å²) in [5.41, 5.74) is 3.93. The number of fused-ring (bicyclic) bond motifs is 1. The Morgan fingerprint density at radius 2 is 1.75 bits per heavy atom. The lowest BCUT2D eigenvalue weighted by atomic mass is 10.2. The molecule has 0 saturated heterocycles. The van der Waals surface area contributed by atoms with E-state index in [4.69, 9.17) is 9.97 Å². The van der Waals surface area contributed by atoms with E-state index in [0.717, 1.165) is 34.6 Å². The van der Waals surface area contributed by atoms with Gasteiger partial charge in [-0.25, -0.2) is 4.68 Å². The molecule has 0 unspecified atom stereocenters. The van der Waals surface area contributed by atoms with Gasteiger partial charge in [0.25, 0.3) is 0 Å². The van der Waals surface area contributed by atoms with Gasteiger partial charge in [0.15, 0.2) is 5.65 Å². The van der Waals surface area contributed by atoms with Crippen molar-refractivity contribution in [3.63, 3.8) is 0 Å². The molecule has 0 aliphatic carbocycles. The Morgan fingerprint density at radius 3 is 2.46 bits per heavy atom. The van der Waals surface area contributed by atoms with Crippen molar-refractivity contribution in [2.45, 2.75) is 33.2 Å². The summed E-state index contributed by atoms with van der Waals surface area (Å²) >= 11 is 0. The number of aromatic nitrogens is 4. The number of benzene rings is 2. The van der Waals surface area contributed by atoms with Gasteiger partial charge >= 0.3 is 0 Å². The first-order valence-corrected chi connectivity index (χ1v) is 9.55. The number of anilines is 3. The highest BCUT2D eigenvalue weighted by molar-refractivity contribution is 5.90. The Kier molecular flexibility index (Phi) is 4.93. The Hall–Kier alpha value is -3.41. The lowest BCUT2D eigenvalue weighted by molar-refractivity contribution is 0.753. The molecule has 4 rings (SSSR count). The number of rotatable bonds is 6. The second-order valence-corrected chi connectivity index (χ2v) is 6.97. The van der Waals surface area contributed by atoms with Crippen LogP contribution in [0.5, 0.6) is 0 Å². The van der Waals surface area contributed by atoms with Crippen molar-refractivity contribution in [1.82, 2.24) is 19.7 Å². The number of aryl methyl sites for hydroxylation is 1. The van der Waals surface area contributed by atoms with Gasteiger partial charge in [-0.05, 0) is 44.5 Å². The number of hydrogen-bond acceptors (Lipinski definition) is 5. The van der Waals surface area contributed by atoms with Crippen LogP contribution in [0.2, 0.25) is 0 Å². The van der Waals surface area contributed by atoms with Crippen molar-refractivity contribution < 1.29 is 0 Å². The van der Waals surface area contributed by atoms with Crippen molar-refractivity contribution >= 4 is 28.5 Å². The summed E-state index contributed by atoms with van der Waals surface area (Å²) in [5, 5.41) is 12.3. The van der Waals surface area contributed by atoms with Gasteiger partial charge < -0.3 is 10.6 Å². The molecule has 6 nitrogen and oxygen atoms in total. The average molecular weight is 372 g/mol. The summed E-state index contributed by atoms with van der Waals surface area (Å²) in [6, 6.07) is 18.5. The molecule has 6 heteroatoms. The second kappa shape index (κ2) is 7.68. The minimum absolute atomic E-state index is 0.276. The summed E-state index contributed by atoms with van der Waals surface area (Å²) in [7, 11) is 0. The quantitative estimate of drug-likeness (QED) is 0.494. The van der Waals surface area contributed by atoms with Crippen LogP contribution in [0.25, 0.3) is 16.7 Å². The third-order valence-electron chi connectivity index (χ3n) is 4.73. The zero-order valence-electron chi connectivity index (χ0n) is 16.3. The van der Waals surface area contributed by atoms with E-state index >= 15 is 0 Å². The molecule has 28 heavy (non-hydrogen) atoms. The Labute approximate surface area is 164 Å². The van der Waals surface area contributed by atoms with E-state index < -0.39 is 0 Å². The van der Waals surface area contributed by atoms with Crippen LogP contribution in [-0.4, -0.2) is 25.8 Å². The molecule has 2 aromatic heterocycles. The first kappa shape index (κ1) is 18.0. The van der Waals surface area contributed by atoms with Crippen LogP contribution in [0.15, 0.2) is 60.8 Å². The zero-order valence-corrected chi connectivity index (χ0v) is 16.3. The van der Waals surface area contributed by atoms with E-state index in [9.17, 15) is 0 Å². The lowest BCUT2D eigenvalue weighted by Gasteiger charge is -2.14. The van der Waals surface area contributed by atoms with E-state index in [1.54, 1.807) is 0 Å². The van der Waals surface area contributed by atoms with Gasteiger partial charge in [-0.2, -0.15) is 15.1 Å². The van der Waals surface area contributed by atoms with Crippen molar-refractivity contribution in [3.8, 4) is 5.69 Å². The van der Waals surface area contributed by atoms with Crippen LogP contribution < -0.4 is 10.6 Å². The van der Waals surface area contributed by atoms with E-state index in [2.05, 4.69) is 48.6 Å². The maximum Gasteiger partial charge on any atom is 0.226 e. The van der Waals surface area contributed by atoms with Crippen molar-refractivity contribution in [2.75, 3.05) is 10.6 Å². The predicted molar refractivity (Wildman–Crippen MR) is 114 cm³/mol. The van der Waals surface area contributed by atoms with Crippen LogP contribution in [0.4, 0.5) is 17.5 Å². The second-order valence-electron chi connectivity index (χ2n) is 6.97. The SMILES string of the molecule is CC[C@@H](C)Nc1nc(Nc2ccc(C)cc2)c2cnn(-c3ccccc3)c2n1. The summed E-state index contributed by atoms with van der Waals surface area (Å²) in [6.45, 7) is 6.33. The molecule has 0 radical (unpaired) electrons. The minimum Gasteiger partial charge on any atom is -0.352 e. The van der Waals surface area contributed by atoms with Crippen LogP contribution in [0.3, 0.4) is 0 Å². The van der Waals surface area contributed by atoms with E-state index in [0.29, 0.717) is 5.95 Å². The third kappa shape index (κ3) is 3.67. The lowest BCUT2D eigenvalue weighted by Crippen LogP contribution is -2.16. The molecule has 2 aromatic carbocycles. The molecule has 142 valence electrons. The van der Waals surface area contributed by atoms with Crippen molar-refractivity contribution in [3.05, 3.63) is 66.4 Å². The standard InChI is InChI=1S/C22H24N6/c1-4-16(3)24-22-26-20(25-17-12-10-15(2)11-13-17)19-14-23-28(21(19)27-22)18-8-6-5-7-9-18/h5-14,16H,4H2,1-3H3,(H2,24,25,26,27)/t16-/m1/s1. The maximum atomic E-state index is 4.75. The molecule has 0 aliphatic rings. The molecular formula is C22H24N6. The summed E-state index contributed by atoms with van der Waals surface area (Å²) in [5.74, 6) is 1.33. The van der Waals surface area contributed by atoms with Crippen molar-refractivity contribution in [1.29, 1.82) is 0 Å². The fourth-order valence-electron chi connectivity index (χ4n) is 2.92. The largest absolute Gasteiger partial charge is 0.352 e. The first-order valence-electron chi connectivity index (χ1n) is 9.55. The summed E-state index contributed by atoms with van der Waals surface area (Å²) < 4.78 is 1.85. The smallest absolute Gasteiger partial charge is 0.226 e. The summed E-state index contributed by atoms with van der Waals surface area (Å²) in [4.78, 5) is 9.48. The monoisotopic (exact) mass is 372 g/mol. The van der Waals surface area contributed by atoms with E-state index in [-0.39, 0.29) is 6.04 Å². The molecule has 0 amide bonds. The topological polar surface area (TPSA) is 67.7 Å². The maximum absolute atomic E-state index is 4.75. The molecule has 0 aliphatic heterocycles. The van der Waals surface area contributed by atoms with Gasteiger partial charge in [0, 0.05) is 11.7 Å². The number of nitrogens with zero attached hydrogens (tertiary/aromatic N) is 4. The molecule has 4 aromatic rings. The Morgan fingerprint density at radius 1 is 1.00 bits per heavy atom. The molecule has 2 N–H and O–H groups in total. The Balaban J connectivity index is 1.82. The first-order chi connectivity index (χ1) is 13.6. The number of nitrogens with one attached hydrogen (secondary N) is 2. The average Bonchev–Trinajstić information content (AvgIpc) is 3.14. The van der Waals surface area contributed by atoms with Gasteiger partial charge in [0.1, 0.15) is 5.82 Å². The fraction of sp³-hybridized carbons (Fsp3) is 0.227. The molecular weight excluding hydrogens is 348 g/mol. The molecule has 0 fully saturated rings. The van der Waals surface area contributed by atoms with Gasteiger partial charge in [0.05, 0.1) is 17.3 Å². The van der Waals surface area contributed by atoms with Gasteiger partial charge in [-0.1, -0.05) is 42.8 Å². The molecule has 0 saturated carbocycles. The Bertz CT molecular complexity index is 1070. The molecule has 0 spiro atoms. The highest BCUT2D eigenvalue weighted by Crippen LogP contribution is 2.27. The van der Waals surface area contributed by atoms with Crippen molar-refractivity contribution in [2.24, 2.45) is 0 Å². The van der Waals surface area contributed by atoms with Gasteiger partial charge in [-0.3, -0.25) is 0 Å². The fourth-order valence-corrected chi connectivity index (χ4v) is 2.92. The summed E-state index contributed by atoms with van der Waals surface area (Å²) in [6.07, 6.45) is 2.80. The number of hydrogen-bond donors (Lipinski definition) is 2.